The average Bonchev–Trinajstić information content (AvgIpc) is 3.36. The van der Waals surface area contributed by atoms with Gasteiger partial charge >= 0.3 is 0 Å². The summed E-state index contributed by atoms with van der Waals surface area (Å²) in [5.74, 6) is -0.0953. The summed E-state index contributed by atoms with van der Waals surface area (Å²) in [7, 11) is 1.91. The van der Waals surface area contributed by atoms with Gasteiger partial charge in [0.2, 0.25) is 5.91 Å². The molecule has 0 saturated carbocycles. The van der Waals surface area contributed by atoms with E-state index in [1.807, 2.05) is 60.1 Å². The van der Waals surface area contributed by atoms with Crippen molar-refractivity contribution >= 4 is 16.9 Å². The highest BCUT2D eigenvalue weighted by Gasteiger charge is 2.25. The number of carbonyl (C=O) groups excluding carboxylic acids is 1. The van der Waals surface area contributed by atoms with E-state index in [2.05, 4.69) is 20.1 Å². The van der Waals surface area contributed by atoms with Crippen molar-refractivity contribution < 1.29 is 13.6 Å². The molecular formula is C26H29F2N7O. The first-order valence-corrected chi connectivity index (χ1v) is 12.0. The van der Waals surface area contributed by atoms with Gasteiger partial charge in [-0.2, -0.15) is 10.2 Å². The van der Waals surface area contributed by atoms with Crippen LogP contribution in [-0.2, 0) is 24.9 Å². The molecule has 1 fully saturated rings. The lowest BCUT2D eigenvalue weighted by Gasteiger charge is -2.34. The van der Waals surface area contributed by atoms with Crippen LogP contribution in [0.15, 0.2) is 42.6 Å². The number of carbonyl (C=O) groups is 1. The summed E-state index contributed by atoms with van der Waals surface area (Å²) in [5, 5.41) is 9.15. The van der Waals surface area contributed by atoms with Crippen LogP contribution >= 0.6 is 0 Å². The fourth-order valence-corrected chi connectivity index (χ4v) is 4.85. The molecule has 0 radical (unpaired) electrons. The Morgan fingerprint density at radius 2 is 1.75 bits per heavy atom. The third-order valence-corrected chi connectivity index (χ3v) is 6.73. The molecule has 5 rings (SSSR count). The molecule has 10 heteroatoms. The van der Waals surface area contributed by atoms with Crippen LogP contribution in [0.1, 0.15) is 28.9 Å². The average molecular weight is 494 g/mol. The number of benzene rings is 1. The Labute approximate surface area is 208 Å². The minimum absolute atomic E-state index is 0.0417. The number of aromatic nitrogens is 5. The monoisotopic (exact) mass is 493 g/mol. The highest BCUT2D eigenvalue weighted by atomic mass is 19.3. The molecule has 0 bridgehead atoms. The lowest BCUT2D eigenvalue weighted by Crippen LogP contribution is -2.49. The standard InChI is InChI=1S/C26H29F2N7O/c1-17-20(14-32(3)30-17)15-33-9-11-34(12-10-33)23(36)16-35-26-24(18(2)31-35)21(25(27)28)13-22(29-26)19-7-5-4-6-8-19/h4-8,13-14,25H,9-12,15-16H2,1-3H3. The van der Waals surface area contributed by atoms with Crippen LogP contribution in [0.2, 0.25) is 0 Å². The molecule has 0 unspecified atom stereocenters. The van der Waals surface area contributed by atoms with Gasteiger partial charge in [0, 0.05) is 62.7 Å². The van der Waals surface area contributed by atoms with Crippen LogP contribution in [0.3, 0.4) is 0 Å². The zero-order valence-corrected chi connectivity index (χ0v) is 20.7. The molecule has 1 saturated heterocycles. The topological polar surface area (TPSA) is 72.1 Å². The Morgan fingerprint density at radius 3 is 2.39 bits per heavy atom. The molecule has 0 aliphatic carbocycles. The van der Waals surface area contributed by atoms with Gasteiger partial charge in [0.25, 0.3) is 6.43 Å². The fraction of sp³-hybridized carbons (Fsp3) is 0.385. The second-order valence-electron chi connectivity index (χ2n) is 9.28. The SMILES string of the molecule is Cc1nn(C)cc1CN1CCN(C(=O)Cn2nc(C)c3c(C(F)F)cc(-c4ccccc4)nc32)CC1. The maximum Gasteiger partial charge on any atom is 0.264 e. The van der Waals surface area contributed by atoms with E-state index in [1.165, 1.54) is 16.3 Å². The number of amides is 1. The summed E-state index contributed by atoms with van der Waals surface area (Å²) in [6, 6.07) is 10.6. The predicted molar refractivity (Wildman–Crippen MR) is 132 cm³/mol. The van der Waals surface area contributed by atoms with Gasteiger partial charge in [0.1, 0.15) is 6.54 Å². The van der Waals surface area contributed by atoms with E-state index in [0.717, 1.165) is 30.9 Å². The zero-order chi connectivity index (χ0) is 25.4. The third kappa shape index (κ3) is 4.73. The summed E-state index contributed by atoms with van der Waals surface area (Å²) in [6.07, 6.45) is -0.649. The Kier molecular flexibility index (Phi) is 6.53. The first-order valence-electron chi connectivity index (χ1n) is 12.0. The van der Waals surface area contributed by atoms with Gasteiger partial charge in [-0.3, -0.25) is 14.4 Å². The van der Waals surface area contributed by atoms with E-state index >= 15 is 0 Å². The molecule has 3 aromatic heterocycles. The Balaban J connectivity index is 1.34. The summed E-state index contributed by atoms with van der Waals surface area (Å²) in [5.41, 5.74) is 4.01. The number of aryl methyl sites for hydroxylation is 3. The number of fused-ring (bicyclic) bond motifs is 1. The van der Waals surface area contributed by atoms with E-state index in [0.29, 0.717) is 35.5 Å². The lowest BCUT2D eigenvalue weighted by molar-refractivity contribution is -0.133. The molecule has 36 heavy (non-hydrogen) atoms. The first kappa shape index (κ1) is 24.1. The van der Waals surface area contributed by atoms with E-state index in [4.69, 9.17) is 0 Å². The molecule has 1 aliphatic rings. The second-order valence-corrected chi connectivity index (χ2v) is 9.28. The summed E-state index contributed by atoms with van der Waals surface area (Å²) in [4.78, 5) is 22.0. The molecule has 4 aromatic rings. The Bertz CT molecular complexity index is 1390. The summed E-state index contributed by atoms with van der Waals surface area (Å²) >= 11 is 0. The zero-order valence-electron chi connectivity index (χ0n) is 20.7. The first-order chi connectivity index (χ1) is 17.3. The minimum atomic E-state index is -2.68. The van der Waals surface area contributed by atoms with Crippen molar-refractivity contribution in [3.8, 4) is 11.3 Å². The quantitative estimate of drug-likeness (QED) is 0.409. The van der Waals surface area contributed by atoms with Crippen LogP contribution in [0.25, 0.3) is 22.3 Å². The smallest absolute Gasteiger partial charge is 0.264 e. The number of piperazine rings is 1. The molecule has 1 aromatic carbocycles. The fourth-order valence-electron chi connectivity index (χ4n) is 4.85. The molecule has 0 atom stereocenters. The number of hydrogen-bond donors (Lipinski definition) is 0. The van der Waals surface area contributed by atoms with Crippen molar-refractivity contribution in [3.63, 3.8) is 0 Å². The maximum absolute atomic E-state index is 14.0. The Morgan fingerprint density at radius 1 is 1.03 bits per heavy atom. The normalized spacial score (nSPS) is 14.8. The van der Waals surface area contributed by atoms with E-state index in [9.17, 15) is 13.6 Å². The van der Waals surface area contributed by atoms with Crippen LogP contribution < -0.4 is 0 Å². The number of rotatable bonds is 6. The van der Waals surface area contributed by atoms with E-state index in [1.54, 1.807) is 6.92 Å². The van der Waals surface area contributed by atoms with E-state index in [-0.39, 0.29) is 18.0 Å². The van der Waals surface area contributed by atoms with Gasteiger partial charge in [-0.05, 0) is 19.9 Å². The molecular weight excluding hydrogens is 464 g/mol. The summed E-state index contributed by atoms with van der Waals surface area (Å²) < 4.78 is 31.3. The summed E-state index contributed by atoms with van der Waals surface area (Å²) in [6.45, 7) is 7.14. The maximum atomic E-state index is 14.0. The third-order valence-electron chi connectivity index (χ3n) is 6.73. The number of alkyl halides is 2. The van der Waals surface area contributed by atoms with Crippen molar-refractivity contribution in [1.29, 1.82) is 0 Å². The van der Waals surface area contributed by atoms with Crippen LogP contribution in [-0.4, -0.2) is 66.4 Å². The molecule has 1 aliphatic heterocycles. The minimum Gasteiger partial charge on any atom is -0.339 e. The molecule has 0 spiro atoms. The highest BCUT2D eigenvalue weighted by Crippen LogP contribution is 2.33. The highest BCUT2D eigenvalue weighted by molar-refractivity contribution is 5.87. The number of pyridine rings is 1. The van der Waals surface area contributed by atoms with Crippen molar-refractivity contribution in [2.24, 2.45) is 7.05 Å². The van der Waals surface area contributed by atoms with Crippen molar-refractivity contribution in [3.05, 3.63) is 65.1 Å². The van der Waals surface area contributed by atoms with Gasteiger partial charge in [0.05, 0.1) is 22.5 Å². The van der Waals surface area contributed by atoms with Gasteiger partial charge in [0.15, 0.2) is 5.65 Å². The molecule has 1 amide bonds. The lowest BCUT2D eigenvalue weighted by atomic mass is 10.1. The van der Waals surface area contributed by atoms with Gasteiger partial charge < -0.3 is 4.90 Å². The largest absolute Gasteiger partial charge is 0.339 e. The number of nitrogens with zero attached hydrogens (tertiary/aromatic N) is 7. The second kappa shape index (κ2) is 9.77. The van der Waals surface area contributed by atoms with Crippen LogP contribution in [0.4, 0.5) is 8.78 Å². The molecule has 4 heterocycles. The predicted octanol–water partition coefficient (Wildman–Crippen LogP) is 3.73. The van der Waals surface area contributed by atoms with Crippen LogP contribution in [0.5, 0.6) is 0 Å². The molecule has 188 valence electrons. The number of hydrogen-bond acceptors (Lipinski definition) is 5. The van der Waals surface area contributed by atoms with Gasteiger partial charge in [-0.25, -0.2) is 18.4 Å². The van der Waals surface area contributed by atoms with Gasteiger partial charge in [-0.1, -0.05) is 30.3 Å². The van der Waals surface area contributed by atoms with Gasteiger partial charge in [-0.15, -0.1) is 0 Å². The van der Waals surface area contributed by atoms with Crippen molar-refractivity contribution in [1.82, 2.24) is 34.3 Å². The van der Waals surface area contributed by atoms with Crippen LogP contribution in [0, 0.1) is 13.8 Å². The molecule has 0 N–H and O–H groups in total. The molecule has 8 nitrogen and oxygen atoms in total. The van der Waals surface area contributed by atoms with E-state index < -0.39 is 6.43 Å². The number of halogens is 2. The van der Waals surface area contributed by atoms with Crippen molar-refractivity contribution in [2.75, 3.05) is 26.2 Å². The van der Waals surface area contributed by atoms with Crippen molar-refractivity contribution in [2.45, 2.75) is 33.4 Å². The Hall–Kier alpha value is -3.66.